The van der Waals surface area contributed by atoms with Gasteiger partial charge < -0.3 is 19.5 Å². The summed E-state index contributed by atoms with van der Waals surface area (Å²) in [6.45, 7) is 17.4. The summed E-state index contributed by atoms with van der Waals surface area (Å²) in [4.78, 5) is 0. The average molecular weight is 303 g/mol. The van der Waals surface area contributed by atoms with Gasteiger partial charge in [0.1, 0.15) is 0 Å². The molecule has 4 heteroatoms. The molecule has 4 nitrogen and oxygen atoms in total. The number of nitrogens with one attached hydrogen (secondary N) is 1. The Kier molecular flexibility index (Phi) is 13.4. The predicted molar refractivity (Wildman–Crippen MR) is 88.9 cm³/mol. The van der Waals surface area contributed by atoms with Crippen molar-refractivity contribution in [2.24, 2.45) is 11.3 Å². The monoisotopic (exact) mass is 303 g/mol. The van der Waals surface area contributed by atoms with Gasteiger partial charge in [0.25, 0.3) is 0 Å². The lowest BCUT2D eigenvalue weighted by Crippen LogP contribution is -2.24. The molecule has 0 aliphatic carbocycles. The smallest absolute Gasteiger partial charge is 0.0701 e. The zero-order valence-corrected chi connectivity index (χ0v) is 14.9. The Bertz CT molecular complexity index is 215. The van der Waals surface area contributed by atoms with Crippen LogP contribution in [0.3, 0.4) is 0 Å². The van der Waals surface area contributed by atoms with Gasteiger partial charge in [-0.25, -0.2) is 0 Å². The SMILES string of the molecule is CC(C)CNCCOCCOCCOCCCC(C)(C)C. The first-order valence-electron chi connectivity index (χ1n) is 8.36. The lowest BCUT2D eigenvalue weighted by Gasteiger charge is -2.17. The molecule has 128 valence electrons. The van der Waals surface area contributed by atoms with E-state index >= 15 is 0 Å². The summed E-state index contributed by atoms with van der Waals surface area (Å²) >= 11 is 0. The fourth-order valence-electron chi connectivity index (χ4n) is 1.78. The molecule has 0 aromatic heterocycles. The van der Waals surface area contributed by atoms with E-state index in [1.165, 1.54) is 6.42 Å². The Hall–Kier alpha value is -0.160. The van der Waals surface area contributed by atoms with Gasteiger partial charge in [-0.15, -0.1) is 0 Å². The van der Waals surface area contributed by atoms with Gasteiger partial charge in [-0.3, -0.25) is 0 Å². The van der Waals surface area contributed by atoms with Gasteiger partial charge in [-0.05, 0) is 30.7 Å². The van der Waals surface area contributed by atoms with Crippen LogP contribution in [0.1, 0.15) is 47.5 Å². The molecule has 0 heterocycles. The second kappa shape index (κ2) is 13.5. The molecule has 0 fully saturated rings. The van der Waals surface area contributed by atoms with E-state index in [4.69, 9.17) is 14.2 Å². The molecule has 0 aliphatic heterocycles. The van der Waals surface area contributed by atoms with E-state index in [0.29, 0.717) is 37.8 Å². The second-order valence-electron chi connectivity index (χ2n) is 7.10. The molecule has 21 heavy (non-hydrogen) atoms. The summed E-state index contributed by atoms with van der Waals surface area (Å²) in [7, 11) is 0. The normalized spacial score (nSPS) is 12.3. The van der Waals surface area contributed by atoms with E-state index < -0.39 is 0 Å². The summed E-state index contributed by atoms with van der Waals surface area (Å²) in [5.74, 6) is 0.691. The van der Waals surface area contributed by atoms with E-state index in [2.05, 4.69) is 39.9 Å². The fourth-order valence-corrected chi connectivity index (χ4v) is 1.78. The third kappa shape index (κ3) is 19.8. The number of hydrogen-bond acceptors (Lipinski definition) is 4. The van der Waals surface area contributed by atoms with Gasteiger partial charge in [0.15, 0.2) is 0 Å². The molecule has 0 aliphatic rings. The standard InChI is InChI=1S/C17H37NO3/c1-16(2)15-18-8-10-20-12-14-21-13-11-19-9-6-7-17(3,4)5/h16,18H,6-15H2,1-5H3. The van der Waals surface area contributed by atoms with Crippen LogP contribution in [0.2, 0.25) is 0 Å². The quantitative estimate of drug-likeness (QED) is 0.501. The number of hydrogen-bond donors (Lipinski definition) is 1. The van der Waals surface area contributed by atoms with Gasteiger partial charge in [-0.2, -0.15) is 0 Å². The van der Waals surface area contributed by atoms with Crippen molar-refractivity contribution < 1.29 is 14.2 Å². The lowest BCUT2D eigenvalue weighted by atomic mass is 9.91. The molecule has 0 saturated carbocycles. The second-order valence-corrected chi connectivity index (χ2v) is 7.10. The highest BCUT2D eigenvalue weighted by Crippen LogP contribution is 2.20. The highest BCUT2D eigenvalue weighted by molar-refractivity contribution is 4.60. The van der Waals surface area contributed by atoms with E-state index in [1.807, 2.05) is 0 Å². The van der Waals surface area contributed by atoms with Crippen molar-refractivity contribution in [3.8, 4) is 0 Å². The molecular weight excluding hydrogens is 266 g/mol. The van der Waals surface area contributed by atoms with Gasteiger partial charge in [0, 0.05) is 13.2 Å². The fraction of sp³-hybridized carbons (Fsp3) is 1.00. The zero-order valence-electron chi connectivity index (χ0n) is 14.9. The third-order valence-electron chi connectivity index (χ3n) is 2.94. The van der Waals surface area contributed by atoms with Crippen LogP contribution in [-0.4, -0.2) is 52.7 Å². The maximum Gasteiger partial charge on any atom is 0.0701 e. The van der Waals surface area contributed by atoms with Crippen LogP contribution < -0.4 is 5.32 Å². The number of rotatable bonds is 14. The lowest BCUT2D eigenvalue weighted by molar-refractivity contribution is 0.0135. The first-order valence-corrected chi connectivity index (χ1v) is 8.36. The average Bonchev–Trinajstić information content (AvgIpc) is 2.37. The van der Waals surface area contributed by atoms with Crippen molar-refractivity contribution in [1.29, 1.82) is 0 Å². The summed E-state index contributed by atoms with van der Waals surface area (Å²) in [6.07, 6.45) is 2.32. The summed E-state index contributed by atoms with van der Waals surface area (Å²) in [5, 5.41) is 3.34. The molecule has 0 atom stereocenters. The zero-order chi connectivity index (χ0) is 16.0. The van der Waals surface area contributed by atoms with Crippen molar-refractivity contribution in [3.05, 3.63) is 0 Å². The molecule has 1 N–H and O–H groups in total. The van der Waals surface area contributed by atoms with Crippen LogP contribution in [0.25, 0.3) is 0 Å². The molecule has 0 aromatic rings. The molecule has 0 spiro atoms. The van der Waals surface area contributed by atoms with E-state index in [9.17, 15) is 0 Å². The van der Waals surface area contributed by atoms with Gasteiger partial charge in [0.05, 0.1) is 33.0 Å². The molecule has 0 radical (unpaired) electrons. The van der Waals surface area contributed by atoms with Crippen molar-refractivity contribution in [3.63, 3.8) is 0 Å². The van der Waals surface area contributed by atoms with Crippen molar-refractivity contribution in [2.45, 2.75) is 47.5 Å². The Morgan fingerprint density at radius 1 is 0.810 bits per heavy atom. The Morgan fingerprint density at radius 2 is 1.33 bits per heavy atom. The predicted octanol–water partition coefficient (Wildman–Crippen LogP) is 3.11. The molecule has 0 rings (SSSR count). The molecule has 0 unspecified atom stereocenters. The maximum absolute atomic E-state index is 5.54. The van der Waals surface area contributed by atoms with Crippen molar-refractivity contribution in [2.75, 3.05) is 52.7 Å². The van der Waals surface area contributed by atoms with Crippen LogP contribution >= 0.6 is 0 Å². The van der Waals surface area contributed by atoms with Crippen LogP contribution in [0.15, 0.2) is 0 Å². The van der Waals surface area contributed by atoms with E-state index in [0.717, 1.165) is 32.7 Å². The van der Waals surface area contributed by atoms with Crippen LogP contribution in [-0.2, 0) is 14.2 Å². The highest BCUT2D eigenvalue weighted by atomic mass is 16.5. The van der Waals surface area contributed by atoms with Crippen LogP contribution in [0, 0.1) is 11.3 Å². The minimum Gasteiger partial charge on any atom is -0.379 e. The van der Waals surface area contributed by atoms with Crippen LogP contribution in [0.5, 0.6) is 0 Å². The molecule has 0 saturated heterocycles. The molecule has 0 aromatic carbocycles. The molecule has 0 bridgehead atoms. The Morgan fingerprint density at radius 3 is 1.86 bits per heavy atom. The minimum absolute atomic E-state index is 0.404. The van der Waals surface area contributed by atoms with Gasteiger partial charge in [0.2, 0.25) is 0 Å². The Labute approximate surface area is 131 Å². The van der Waals surface area contributed by atoms with E-state index in [-0.39, 0.29) is 0 Å². The topological polar surface area (TPSA) is 39.7 Å². The summed E-state index contributed by atoms with van der Waals surface area (Å²) in [6, 6.07) is 0. The number of ether oxygens (including phenoxy) is 3. The Balaban J connectivity index is 3.03. The van der Waals surface area contributed by atoms with Crippen molar-refractivity contribution in [1.82, 2.24) is 5.32 Å². The minimum atomic E-state index is 0.404. The maximum atomic E-state index is 5.54. The third-order valence-corrected chi connectivity index (χ3v) is 2.94. The first kappa shape index (κ1) is 20.8. The first-order chi connectivity index (χ1) is 9.92. The van der Waals surface area contributed by atoms with Gasteiger partial charge >= 0.3 is 0 Å². The molecule has 0 amide bonds. The highest BCUT2D eigenvalue weighted by Gasteiger charge is 2.08. The largest absolute Gasteiger partial charge is 0.379 e. The summed E-state index contributed by atoms with van der Waals surface area (Å²) < 4.78 is 16.5. The van der Waals surface area contributed by atoms with Gasteiger partial charge in [-0.1, -0.05) is 34.6 Å². The summed E-state index contributed by atoms with van der Waals surface area (Å²) in [5.41, 5.74) is 0.404. The van der Waals surface area contributed by atoms with Crippen LogP contribution in [0.4, 0.5) is 0 Å². The van der Waals surface area contributed by atoms with Crippen molar-refractivity contribution >= 4 is 0 Å². The van der Waals surface area contributed by atoms with E-state index in [1.54, 1.807) is 0 Å². The molecular formula is C17H37NO3.